The maximum atomic E-state index is 11.0. The summed E-state index contributed by atoms with van der Waals surface area (Å²) in [6, 6.07) is -0.861. The standard InChI is InChI=1S/C5H10N2O3S/c1-2-7-5(8)4(6)3-11(7,9)10/h4H,2-3,6H2,1H3. The molecule has 6 heteroatoms. The summed E-state index contributed by atoms with van der Waals surface area (Å²) < 4.78 is 22.9. The number of sulfonamides is 1. The van der Waals surface area contributed by atoms with E-state index in [4.69, 9.17) is 5.73 Å². The molecule has 1 rings (SSSR count). The lowest BCUT2D eigenvalue weighted by Crippen LogP contribution is -2.35. The molecule has 2 N–H and O–H groups in total. The highest BCUT2D eigenvalue weighted by molar-refractivity contribution is 7.90. The van der Waals surface area contributed by atoms with Crippen LogP contribution in [0, 0.1) is 0 Å². The van der Waals surface area contributed by atoms with Crippen molar-refractivity contribution in [2.24, 2.45) is 5.73 Å². The fourth-order valence-electron chi connectivity index (χ4n) is 1.06. The van der Waals surface area contributed by atoms with Gasteiger partial charge in [-0.25, -0.2) is 12.7 Å². The van der Waals surface area contributed by atoms with E-state index in [1.54, 1.807) is 6.92 Å². The second kappa shape index (κ2) is 2.46. The fourth-order valence-corrected chi connectivity index (χ4v) is 2.64. The molecule has 0 bridgehead atoms. The van der Waals surface area contributed by atoms with Gasteiger partial charge in [-0.1, -0.05) is 0 Å². The molecule has 0 radical (unpaired) electrons. The Morgan fingerprint density at radius 1 is 1.73 bits per heavy atom. The summed E-state index contributed by atoms with van der Waals surface area (Å²) in [5.74, 6) is -0.743. The lowest BCUT2D eigenvalue weighted by atomic mass is 10.3. The summed E-state index contributed by atoms with van der Waals surface area (Å²) in [7, 11) is -3.38. The van der Waals surface area contributed by atoms with E-state index >= 15 is 0 Å². The minimum Gasteiger partial charge on any atom is -0.319 e. The van der Waals surface area contributed by atoms with Gasteiger partial charge < -0.3 is 5.73 Å². The summed E-state index contributed by atoms with van der Waals surface area (Å²) in [4.78, 5) is 11.0. The average molecular weight is 178 g/mol. The number of nitrogens with zero attached hydrogens (tertiary/aromatic N) is 1. The summed E-state index contributed by atoms with van der Waals surface area (Å²) >= 11 is 0. The number of carbonyl (C=O) groups excluding carboxylic acids is 1. The van der Waals surface area contributed by atoms with Crippen LogP contribution in [0.15, 0.2) is 0 Å². The summed E-state index contributed by atoms with van der Waals surface area (Å²) in [6.07, 6.45) is 0. The molecule has 1 saturated heterocycles. The maximum absolute atomic E-state index is 11.0. The molecule has 11 heavy (non-hydrogen) atoms. The van der Waals surface area contributed by atoms with E-state index < -0.39 is 22.0 Å². The van der Waals surface area contributed by atoms with Crippen LogP contribution >= 0.6 is 0 Å². The van der Waals surface area contributed by atoms with Gasteiger partial charge in [-0.3, -0.25) is 4.79 Å². The molecule has 0 aromatic carbocycles. The zero-order valence-electron chi connectivity index (χ0n) is 6.15. The molecule has 1 fully saturated rings. The molecule has 1 amide bonds. The quantitative estimate of drug-likeness (QED) is 0.530. The molecule has 0 aromatic rings. The van der Waals surface area contributed by atoms with Crippen LogP contribution in [0.3, 0.4) is 0 Å². The molecule has 0 aromatic heterocycles. The van der Waals surface area contributed by atoms with Crippen LogP contribution in [0.2, 0.25) is 0 Å². The SMILES string of the molecule is CCN1C(=O)C(N)CS1(=O)=O. The second-order valence-electron chi connectivity index (χ2n) is 2.39. The Morgan fingerprint density at radius 3 is 2.45 bits per heavy atom. The summed E-state index contributed by atoms with van der Waals surface area (Å²) in [5, 5.41) is 0. The van der Waals surface area contributed by atoms with Crippen LogP contribution in [0.1, 0.15) is 6.92 Å². The number of rotatable bonds is 1. The first-order valence-electron chi connectivity index (χ1n) is 3.29. The number of hydrogen-bond donors (Lipinski definition) is 1. The van der Waals surface area contributed by atoms with Crippen molar-refractivity contribution in [3.05, 3.63) is 0 Å². The molecule has 1 aliphatic heterocycles. The van der Waals surface area contributed by atoms with E-state index in [-0.39, 0.29) is 12.3 Å². The van der Waals surface area contributed by atoms with Crippen molar-refractivity contribution in [3.8, 4) is 0 Å². The van der Waals surface area contributed by atoms with Crippen LogP contribution < -0.4 is 5.73 Å². The third-order valence-corrected chi connectivity index (χ3v) is 3.47. The van der Waals surface area contributed by atoms with E-state index in [1.165, 1.54) is 0 Å². The van der Waals surface area contributed by atoms with E-state index in [9.17, 15) is 13.2 Å². The minimum atomic E-state index is -3.38. The number of likely N-dealkylation sites (N-methyl/N-ethyl adjacent to an activating group) is 1. The summed E-state index contributed by atoms with van der Waals surface area (Å²) in [6.45, 7) is 1.78. The molecular weight excluding hydrogens is 168 g/mol. The van der Waals surface area contributed by atoms with Crippen molar-refractivity contribution in [1.29, 1.82) is 0 Å². The third kappa shape index (κ3) is 1.23. The van der Waals surface area contributed by atoms with Crippen molar-refractivity contribution in [3.63, 3.8) is 0 Å². The number of nitrogens with two attached hydrogens (primary N) is 1. The van der Waals surface area contributed by atoms with E-state index in [1.807, 2.05) is 0 Å². The zero-order valence-corrected chi connectivity index (χ0v) is 6.97. The fraction of sp³-hybridized carbons (Fsp3) is 0.800. The largest absolute Gasteiger partial charge is 0.319 e. The average Bonchev–Trinajstić information content (AvgIpc) is 2.03. The van der Waals surface area contributed by atoms with Crippen LogP contribution in [-0.2, 0) is 14.8 Å². The monoisotopic (exact) mass is 178 g/mol. The Balaban J connectivity index is 3.01. The highest BCUT2D eigenvalue weighted by Gasteiger charge is 2.40. The van der Waals surface area contributed by atoms with Gasteiger partial charge in [-0.2, -0.15) is 0 Å². The van der Waals surface area contributed by atoms with E-state index in [2.05, 4.69) is 0 Å². The molecule has 1 unspecified atom stereocenters. The Kier molecular flexibility index (Phi) is 1.89. The van der Waals surface area contributed by atoms with Gasteiger partial charge in [-0.05, 0) is 6.92 Å². The van der Waals surface area contributed by atoms with Crippen molar-refractivity contribution >= 4 is 15.9 Å². The number of amides is 1. The van der Waals surface area contributed by atoms with Gasteiger partial charge in [0.15, 0.2) is 0 Å². The van der Waals surface area contributed by atoms with Gasteiger partial charge in [0, 0.05) is 6.54 Å². The highest BCUT2D eigenvalue weighted by Crippen LogP contribution is 2.12. The summed E-state index contributed by atoms with van der Waals surface area (Å²) in [5.41, 5.74) is 5.25. The predicted molar refractivity (Wildman–Crippen MR) is 39.1 cm³/mol. The molecule has 0 spiro atoms. The van der Waals surface area contributed by atoms with Gasteiger partial charge in [-0.15, -0.1) is 0 Å². The number of hydrogen-bond acceptors (Lipinski definition) is 4. The van der Waals surface area contributed by atoms with Gasteiger partial charge in [0.1, 0.15) is 6.04 Å². The van der Waals surface area contributed by atoms with Gasteiger partial charge >= 0.3 is 0 Å². The molecule has 1 atom stereocenters. The van der Waals surface area contributed by atoms with Gasteiger partial charge in [0.05, 0.1) is 5.75 Å². The Hall–Kier alpha value is -0.620. The first kappa shape index (κ1) is 8.48. The molecule has 64 valence electrons. The first-order chi connectivity index (χ1) is 4.99. The van der Waals surface area contributed by atoms with Gasteiger partial charge in [0.2, 0.25) is 10.0 Å². The predicted octanol–water partition coefficient (Wildman–Crippen LogP) is -1.49. The maximum Gasteiger partial charge on any atom is 0.254 e. The Labute approximate surface area is 65.2 Å². The molecule has 0 aliphatic carbocycles. The zero-order chi connectivity index (χ0) is 8.65. The minimum absolute atomic E-state index is 0.175. The van der Waals surface area contributed by atoms with E-state index in [0.717, 1.165) is 4.31 Å². The lowest BCUT2D eigenvalue weighted by Gasteiger charge is -2.10. The van der Waals surface area contributed by atoms with Crippen molar-refractivity contribution in [2.45, 2.75) is 13.0 Å². The van der Waals surface area contributed by atoms with Crippen LogP contribution in [0.5, 0.6) is 0 Å². The van der Waals surface area contributed by atoms with Crippen molar-refractivity contribution < 1.29 is 13.2 Å². The van der Waals surface area contributed by atoms with Crippen molar-refractivity contribution in [2.75, 3.05) is 12.3 Å². The van der Waals surface area contributed by atoms with E-state index in [0.29, 0.717) is 0 Å². The van der Waals surface area contributed by atoms with Crippen LogP contribution in [0.25, 0.3) is 0 Å². The first-order valence-corrected chi connectivity index (χ1v) is 4.90. The third-order valence-electron chi connectivity index (χ3n) is 1.58. The lowest BCUT2D eigenvalue weighted by molar-refractivity contribution is -0.126. The number of carbonyl (C=O) groups is 1. The molecule has 5 nitrogen and oxygen atoms in total. The molecule has 0 saturated carbocycles. The normalized spacial score (nSPS) is 29.5. The van der Waals surface area contributed by atoms with Crippen molar-refractivity contribution in [1.82, 2.24) is 4.31 Å². The topological polar surface area (TPSA) is 80.5 Å². The molecule has 1 aliphatic rings. The highest BCUT2D eigenvalue weighted by atomic mass is 32.2. The smallest absolute Gasteiger partial charge is 0.254 e. The second-order valence-corrected chi connectivity index (χ2v) is 4.33. The van der Waals surface area contributed by atoms with Crippen LogP contribution in [-0.4, -0.2) is 37.0 Å². The molecular formula is C5H10N2O3S. The Morgan fingerprint density at radius 2 is 2.27 bits per heavy atom. The van der Waals surface area contributed by atoms with Crippen LogP contribution in [0.4, 0.5) is 0 Å². The molecule has 1 heterocycles. The van der Waals surface area contributed by atoms with Gasteiger partial charge in [0.25, 0.3) is 5.91 Å². The Bertz CT molecular complexity index is 271.